The van der Waals surface area contributed by atoms with E-state index < -0.39 is 8.56 Å². The van der Waals surface area contributed by atoms with Crippen molar-refractivity contribution >= 4 is 8.56 Å². The van der Waals surface area contributed by atoms with Crippen LogP contribution in [0.2, 0.25) is 12.1 Å². The summed E-state index contributed by atoms with van der Waals surface area (Å²) < 4.78 is 12.7. The summed E-state index contributed by atoms with van der Waals surface area (Å²) in [5.74, 6) is 0. The van der Waals surface area contributed by atoms with Crippen LogP contribution in [0.25, 0.3) is 0 Å². The Bertz CT molecular complexity index is 355. The molecule has 0 amide bonds. The molecular formula is C30H64O2Si. The van der Waals surface area contributed by atoms with Crippen molar-refractivity contribution in [3.63, 3.8) is 0 Å². The topological polar surface area (TPSA) is 18.5 Å². The minimum atomic E-state index is -1.98. The maximum Gasteiger partial charge on any atom is 0.338 e. The van der Waals surface area contributed by atoms with Crippen molar-refractivity contribution in [2.75, 3.05) is 13.2 Å². The molecule has 0 aliphatic heterocycles. The van der Waals surface area contributed by atoms with Crippen LogP contribution >= 0.6 is 0 Å². The first-order chi connectivity index (χ1) is 16.2. The van der Waals surface area contributed by atoms with E-state index in [4.69, 9.17) is 8.85 Å². The van der Waals surface area contributed by atoms with Crippen molar-refractivity contribution in [2.24, 2.45) is 0 Å². The minimum Gasteiger partial charge on any atom is -0.394 e. The first kappa shape index (κ1) is 33.1. The molecule has 0 rings (SSSR count). The van der Waals surface area contributed by atoms with Crippen molar-refractivity contribution in [1.29, 1.82) is 0 Å². The Balaban J connectivity index is 3.77. The lowest BCUT2D eigenvalue weighted by atomic mass is 10.0. The molecule has 0 unspecified atom stereocenters. The summed E-state index contributed by atoms with van der Waals surface area (Å²) >= 11 is 0. The van der Waals surface area contributed by atoms with Gasteiger partial charge in [-0.15, -0.1) is 0 Å². The summed E-state index contributed by atoms with van der Waals surface area (Å²) in [7, 11) is -1.98. The van der Waals surface area contributed by atoms with Gasteiger partial charge in [-0.3, -0.25) is 0 Å². The molecular weight excluding hydrogens is 420 g/mol. The maximum absolute atomic E-state index is 6.35. The first-order valence-electron chi connectivity index (χ1n) is 15.5. The quantitative estimate of drug-likeness (QED) is 0.0811. The Morgan fingerprint density at radius 3 is 0.818 bits per heavy atom. The summed E-state index contributed by atoms with van der Waals surface area (Å²) in [4.78, 5) is 0. The van der Waals surface area contributed by atoms with Gasteiger partial charge in [-0.2, -0.15) is 0 Å². The van der Waals surface area contributed by atoms with E-state index in [2.05, 4.69) is 27.7 Å². The van der Waals surface area contributed by atoms with Gasteiger partial charge in [0.15, 0.2) is 0 Å². The number of hydrogen-bond donors (Lipinski definition) is 0. The zero-order chi connectivity index (χ0) is 24.3. The highest BCUT2D eigenvalue weighted by Gasteiger charge is 2.35. The summed E-state index contributed by atoms with van der Waals surface area (Å²) in [5, 5.41) is 0. The molecule has 0 fully saturated rings. The van der Waals surface area contributed by atoms with Crippen molar-refractivity contribution < 1.29 is 8.85 Å². The maximum atomic E-state index is 6.35. The van der Waals surface area contributed by atoms with Crippen LogP contribution in [0, 0.1) is 0 Å². The molecule has 0 aliphatic rings. The monoisotopic (exact) mass is 484 g/mol. The van der Waals surface area contributed by atoms with Gasteiger partial charge >= 0.3 is 8.56 Å². The zero-order valence-corrected chi connectivity index (χ0v) is 24.7. The van der Waals surface area contributed by atoms with Crippen LogP contribution in [0.3, 0.4) is 0 Å². The fourth-order valence-corrected chi connectivity index (χ4v) is 8.64. The second kappa shape index (κ2) is 26.7. The molecule has 0 spiro atoms. The van der Waals surface area contributed by atoms with Gasteiger partial charge in [-0.1, -0.05) is 155 Å². The van der Waals surface area contributed by atoms with Crippen LogP contribution < -0.4 is 0 Å². The number of rotatable bonds is 28. The summed E-state index contributed by atoms with van der Waals surface area (Å²) in [6.45, 7) is 10.5. The lowest BCUT2D eigenvalue weighted by Crippen LogP contribution is -2.42. The second-order valence-electron chi connectivity index (χ2n) is 10.3. The number of hydrogen-bond acceptors (Lipinski definition) is 2. The van der Waals surface area contributed by atoms with Crippen LogP contribution in [0.1, 0.15) is 169 Å². The van der Waals surface area contributed by atoms with Crippen LogP contribution in [0.5, 0.6) is 0 Å². The number of unbranched alkanes of at least 4 members (excludes halogenated alkanes) is 20. The Morgan fingerprint density at radius 2 is 0.576 bits per heavy atom. The molecule has 0 heterocycles. The van der Waals surface area contributed by atoms with Crippen molar-refractivity contribution in [1.82, 2.24) is 0 Å². The standard InChI is InChI=1S/C30H64O2Si/c1-5-9-11-13-15-16-17-18-19-20-21-22-24-26-28-30-33(31-7-3,32-8-4)29-27-25-23-14-12-10-6-2/h5-30H2,1-4H3. The van der Waals surface area contributed by atoms with Crippen molar-refractivity contribution in [2.45, 2.75) is 181 Å². The van der Waals surface area contributed by atoms with E-state index in [0.29, 0.717) is 0 Å². The highest BCUT2D eigenvalue weighted by molar-refractivity contribution is 6.67. The van der Waals surface area contributed by atoms with Crippen molar-refractivity contribution in [3.05, 3.63) is 0 Å². The molecule has 33 heavy (non-hydrogen) atoms. The molecule has 0 aliphatic carbocycles. The Labute approximate surface area is 211 Å². The lowest BCUT2D eigenvalue weighted by Gasteiger charge is -2.30. The van der Waals surface area contributed by atoms with Gasteiger partial charge < -0.3 is 8.85 Å². The van der Waals surface area contributed by atoms with E-state index in [1.54, 1.807) is 0 Å². The van der Waals surface area contributed by atoms with E-state index in [-0.39, 0.29) is 0 Å². The third kappa shape index (κ3) is 22.4. The molecule has 0 saturated heterocycles. The Morgan fingerprint density at radius 1 is 0.333 bits per heavy atom. The molecule has 0 aromatic carbocycles. The second-order valence-corrected chi connectivity index (χ2v) is 13.7. The third-order valence-electron chi connectivity index (χ3n) is 7.14. The fraction of sp³-hybridized carbons (Fsp3) is 1.00. The highest BCUT2D eigenvalue weighted by Crippen LogP contribution is 2.26. The SMILES string of the molecule is CCCCCCCCCCCCCCCCC[Si](CCCCCCCCC)(OCC)OCC. The zero-order valence-electron chi connectivity index (χ0n) is 23.7. The Kier molecular flexibility index (Phi) is 26.8. The lowest BCUT2D eigenvalue weighted by molar-refractivity contribution is 0.180. The predicted molar refractivity (Wildman–Crippen MR) is 152 cm³/mol. The summed E-state index contributed by atoms with van der Waals surface area (Å²) in [5.41, 5.74) is 0. The highest BCUT2D eigenvalue weighted by atomic mass is 28.4. The molecule has 0 aromatic heterocycles. The van der Waals surface area contributed by atoms with Gasteiger partial charge in [0.05, 0.1) is 0 Å². The molecule has 0 N–H and O–H groups in total. The summed E-state index contributed by atoms with van der Waals surface area (Å²) in [6.07, 6.45) is 31.0. The largest absolute Gasteiger partial charge is 0.394 e. The van der Waals surface area contributed by atoms with E-state index in [1.807, 2.05) is 0 Å². The molecule has 3 heteroatoms. The van der Waals surface area contributed by atoms with E-state index >= 15 is 0 Å². The van der Waals surface area contributed by atoms with Crippen molar-refractivity contribution in [3.8, 4) is 0 Å². The van der Waals surface area contributed by atoms with Gasteiger partial charge in [-0.05, 0) is 25.9 Å². The Hall–Kier alpha value is 0.137. The van der Waals surface area contributed by atoms with Gasteiger partial charge in [0, 0.05) is 13.2 Å². The van der Waals surface area contributed by atoms with Crippen LogP contribution in [-0.2, 0) is 8.85 Å². The van der Waals surface area contributed by atoms with E-state index in [9.17, 15) is 0 Å². The van der Waals surface area contributed by atoms with Crippen LogP contribution in [0.15, 0.2) is 0 Å². The molecule has 0 atom stereocenters. The molecule has 0 bridgehead atoms. The van der Waals surface area contributed by atoms with E-state index in [0.717, 1.165) is 13.2 Å². The average Bonchev–Trinajstić information content (AvgIpc) is 2.81. The molecule has 0 saturated carbocycles. The normalized spacial score (nSPS) is 12.0. The van der Waals surface area contributed by atoms with Crippen LogP contribution in [-0.4, -0.2) is 21.8 Å². The fourth-order valence-electron chi connectivity index (χ4n) is 5.10. The smallest absolute Gasteiger partial charge is 0.338 e. The summed E-state index contributed by atoms with van der Waals surface area (Å²) in [6, 6.07) is 2.42. The molecule has 0 aromatic rings. The first-order valence-corrected chi connectivity index (χ1v) is 17.8. The molecule has 0 radical (unpaired) electrons. The predicted octanol–water partition coefficient (Wildman–Crippen LogP) is 11.1. The minimum absolute atomic E-state index is 0.821. The third-order valence-corrected chi connectivity index (χ3v) is 11.0. The van der Waals surface area contributed by atoms with Gasteiger partial charge in [0.25, 0.3) is 0 Å². The van der Waals surface area contributed by atoms with Gasteiger partial charge in [0.2, 0.25) is 0 Å². The van der Waals surface area contributed by atoms with Gasteiger partial charge in [-0.25, -0.2) is 0 Å². The molecule has 2 nitrogen and oxygen atoms in total. The van der Waals surface area contributed by atoms with Crippen LogP contribution in [0.4, 0.5) is 0 Å². The van der Waals surface area contributed by atoms with E-state index in [1.165, 1.54) is 153 Å². The van der Waals surface area contributed by atoms with Gasteiger partial charge in [0.1, 0.15) is 0 Å². The molecule has 200 valence electrons. The average molecular weight is 485 g/mol.